The number of nitrogens with one attached hydrogen (secondary N) is 1. The van der Waals surface area contributed by atoms with E-state index in [1.54, 1.807) is 30.3 Å². The van der Waals surface area contributed by atoms with Gasteiger partial charge in [-0.3, -0.25) is 9.59 Å². The van der Waals surface area contributed by atoms with Crippen molar-refractivity contribution >= 4 is 29.5 Å². The van der Waals surface area contributed by atoms with Crippen LogP contribution in [0.1, 0.15) is 33.6 Å². The maximum Gasteiger partial charge on any atom is 0.341 e. The summed E-state index contributed by atoms with van der Waals surface area (Å²) in [5.41, 5.74) is 0.577. The molecule has 0 aliphatic rings. The molecule has 0 fully saturated rings. The van der Waals surface area contributed by atoms with Crippen molar-refractivity contribution in [2.24, 2.45) is 0 Å². The number of carboxylic acids is 3. The van der Waals surface area contributed by atoms with Crippen LogP contribution in [0.15, 0.2) is 42.5 Å². The van der Waals surface area contributed by atoms with Gasteiger partial charge in [0.05, 0.1) is 6.54 Å². The van der Waals surface area contributed by atoms with Crippen molar-refractivity contribution in [1.82, 2.24) is 5.32 Å². The van der Waals surface area contributed by atoms with Gasteiger partial charge in [-0.2, -0.15) is 0 Å². The van der Waals surface area contributed by atoms with Gasteiger partial charge in [0.1, 0.15) is 0 Å². The summed E-state index contributed by atoms with van der Waals surface area (Å²) in [4.78, 5) is 57.7. The number of ketones is 2. The molecule has 0 spiro atoms. The molecule has 0 heterocycles. The first-order chi connectivity index (χ1) is 17.2. The first-order valence-electron chi connectivity index (χ1n) is 10.7. The summed E-state index contributed by atoms with van der Waals surface area (Å²) in [7, 11) is 0. The molecule has 36 heavy (non-hydrogen) atoms. The van der Waals surface area contributed by atoms with E-state index in [-0.39, 0.29) is 41.6 Å². The number of benzene rings is 2. The van der Waals surface area contributed by atoms with Gasteiger partial charge >= 0.3 is 17.9 Å². The van der Waals surface area contributed by atoms with Crippen LogP contribution in [0.3, 0.4) is 0 Å². The summed E-state index contributed by atoms with van der Waals surface area (Å²) in [6.45, 7) is -2.08. The highest BCUT2D eigenvalue weighted by molar-refractivity contribution is 5.98. The number of rotatable bonds is 17. The minimum atomic E-state index is -1.36. The molecule has 2 rings (SSSR count). The number of ether oxygens (including phenoxy) is 3. The van der Waals surface area contributed by atoms with E-state index in [4.69, 9.17) is 29.5 Å². The molecule has 0 aliphatic carbocycles. The minimum Gasteiger partial charge on any atom is -0.479 e. The first kappa shape index (κ1) is 27.8. The molecule has 0 amide bonds. The molecule has 0 saturated heterocycles. The average Bonchev–Trinajstić information content (AvgIpc) is 2.84. The first-order valence-corrected chi connectivity index (χ1v) is 10.7. The molecule has 0 aliphatic heterocycles. The fourth-order valence-corrected chi connectivity index (χ4v) is 2.95. The molecule has 0 aromatic heterocycles. The van der Waals surface area contributed by atoms with Gasteiger partial charge in [-0.15, -0.1) is 0 Å². The lowest BCUT2D eigenvalue weighted by molar-refractivity contribution is -0.141. The lowest BCUT2D eigenvalue weighted by Gasteiger charge is -2.16. The Morgan fingerprint density at radius 1 is 0.694 bits per heavy atom. The summed E-state index contributed by atoms with van der Waals surface area (Å²) >= 11 is 0. The zero-order chi connectivity index (χ0) is 26.5. The number of hydrogen-bond donors (Lipinski definition) is 4. The van der Waals surface area contributed by atoms with Crippen LogP contribution in [0, 0.1) is 0 Å². The highest BCUT2D eigenvalue weighted by Crippen LogP contribution is 2.39. The zero-order valence-electron chi connectivity index (χ0n) is 19.1. The van der Waals surface area contributed by atoms with Gasteiger partial charge < -0.3 is 34.8 Å². The second-order valence-electron chi connectivity index (χ2n) is 7.34. The minimum absolute atomic E-state index is 0.0128. The molecular formula is C24H25NO11. The Hall–Kier alpha value is -4.45. The van der Waals surface area contributed by atoms with E-state index in [2.05, 4.69) is 5.32 Å². The van der Waals surface area contributed by atoms with Crippen molar-refractivity contribution in [3.8, 4) is 17.2 Å². The van der Waals surface area contributed by atoms with Crippen LogP contribution in [-0.2, 0) is 14.4 Å². The standard InChI is InChI=1S/C24H25NO11/c26-17(7-4-8-25-11-18(27)15-5-2-1-3-6-15)16-9-19(34-12-21(28)29)24(36-14-23(32)33)20(10-16)35-13-22(30)31/h1-3,5-6,9-10,25H,4,7-8,11-14H2,(H,28,29)(H,30,31)(H,32,33). The Labute approximate surface area is 205 Å². The maximum atomic E-state index is 12.7. The van der Waals surface area contributed by atoms with Crippen molar-refractivity contribution in [2.75, 3.05) is 32.9 Å². The Kier molecular flexibility index (Phi) is 10.9. The number of carbonyl (C=O) groups is 5. The summed E-state index contributed by atoms with van der Waals surface area (Å²) in [5.74, 6) is -5.50. The zero-order valence-corrected chi connectivity index (χ0v) is 19.1. The van der Waals surface area contributed by atoms with Crippen molar-refractivity contribution in [3.05, 3.63) is 53.6 Å². The van der Waals surface area contributed by atoms with Crippen molar-refractivity contribution in [1.29, 1.82) is 0 Å². The molecule has 12 nitrogen and oxygen atoms in total. The van der Waals surface area contributed by atoms with E-state index in [0.717, 1.165) is 0 Å². The molecule has 0 bridgehead atoms. The Bertz CT molecular complexity index is 1060. The van der Waals surface area contributed by atoms with Gasteiger partial charge in [-0.05, 0) is 25.1 Å². The highest BCUT2D eigenvalue weighted by atomic mass is 16.6. The van der Waals surface area contributed by atoms with Crippen LogP contribution in [0.2, 0.25) is 0 Å². The molecule has 0 radical (unpaired) electrons. The summed E-state index contributed by atoms with van der Waals surface area (Å²) in [5, 5.41) is 29.7. The third-order valence-electron chi connectivity index (χ3n) is 4.52. The normalized spacial score (nSPS) is 10.3. The lowest BCUT2D eigenvalue weighted by atomic mass is 10.0. The Balaban J connectivity index is 2.10. The molecule has 2 aromatic rings. The van der Waals surface area contributed by atoms with Gasteiger partial charge in [0.2, 0.25) is 5.75 Å². The topological polar surface area (TPSA) is 186 Å². The predicted molar refractivity (Wildman–Crippen MR) is 123 cm³/mol. The Morgan fingerprint density at radius 3 is 1.75 bits per heavy atom. The number of Topliss-reactive ketones (excluding diaryl/α,β-unsaturated/α-hetero) is 2. The lowest BCUT2D eigenvalue weighted by Crippen LogP contribution is -2.24. The van der Waals surface area contributed by atoms with Crippen molar-refractivity contribution < 1.29 is 53.5 Å². The molecule has 0 saturated carbocycles. The van der Waals surface area contributed by atoms with Gasteiger partial charge in [0.15, 0.2) is 42.9 Å². The molecule has 2 aromatic carbocycles. The van der Waals surface area contributed by atoms with Crippen LogP contribution < -0.4 is 19.5 Å². The largest absolute Gasteiger partial charge is 0.479 e. The van der Waals surface area contributed by atoms with Gasteiger partial charge in [0.25, 0.3) is 0 Å². The SMILES string of the molecule is O=C(O)COc1cc(C(=O)CCCNCC(=O)c2ccccc2)cc(OCC(=O)O)c1OCC(=O)O. The second-order valence-corrected chi connectivity index (χ2v) is 7.34. The molecule has 0 unspecified atom stereocenters. The monoisotopic (exact) mass is 503 g/mol. The van der Waals surface area contributed by atoms with E-state index < -0.39 is 43.5 Å². The third kappa shape index (κ3) is 9.43. The predicted octanol–water partition coefficient (Wildman–Crippen LogP) is 1.51. The number of carboxylic acid groups (broad SMARTS) is 3. The number of aliphatic carboxylic acids is 3. The quantitative estimate of drug-likeness (QED) is 0.180. The highest BCUT2D eigenvalue weighted by Gasteiger charge is 2.21. The van der Waals surface area contributed by atoms with Crippen LogP contribution in [0.5, 0.6) is 17.2 Å². The average molecular weight is 503 g/mol. The Morgan fingerprint density at radius 2 is 1.22 bits per heavy atom. The smallest absolute Gasteiger partial charge is 0.341 e. The second kappa shape index (κ2) is 14.1. The van der Waals surface area contributed by atoms with E-state index >= 15 is 0 Å². The third-order valence-corrected chi connectivity index (χ3v) is 4.52. The summed E-state index contributed by atoms with van der Waals surface area (Å²) < 4.78 is 15.4. The van der Waals surface area contributed by atoms with Gasteiger partial charge in [-0.25, -0.2) is 14.4 Å². The van der Waals surface area contributed by atoms with Crippen LogP contribution in [0.25, 0.3) is 0 Å². The molecular weight excluding hydrogens is 478 g/mol. The molecule has 12 heteroatoms. The molecule has 192 valence electrons. The van der Waals surface area contributed by atoms with E-state index in [9.17, 15) is 24.0 Å². The summed E-state index contributed by atoms with van der Waals surface area (Å²) in [6, 6.07) is 11.1. The van der Waals surface area contributed by atoms with Crippen LogP contribution in [0.4, 0.5) is 0 Å². The van der Waals surface area contributed by atoms with Gasteiger partial charge in [-0.1, -0.05) is 30.3 Å². The van der Waals surface area contributed by atoms with Crippen molar-refractivity contribution in [2.45, 2.75) is 12.8 Å². The van der Waals surface area contributed by atoms with E-state index in [0.29, 0.717) is 18.5 Å². The summed E-state index contributed by atoms with van der Waals surface area (Å²) in [6.07, 6.45) is 0.382. The maximum absolute atomic E-state index is 12.7. The number of carbonyl (C=O) groups excluding carboxylic acids is 2. The van der Waals surface area contributed by atoms with Crippen LogP contribution in [-0.4, -0.2) is 77.7 Å². The van der Waals surface area contributed by atoms with E-state index in [1.165, 1.54) is 12.1 Å². The fourth-order valence-electron chi connectivity index (χ4n) is 2.95. The van der Waals surface area contributed by atoms with Gasteiger partial charge in [0, 0.05) is 17.5 Å². The van der Waals surface area contributed by atoms with E-state index in [1.807, 2.05) is 0 Å². The number of hydrogen-bond acceptors (Lipinski definition) is 9. The van der Waals surface area contributed by atoms with Crippen molar-refractivity contribution in [3.63, 3.8) is 0 Å². The fraction of sp³-hybridized carbons (Fsp3) is 0.292. The molecule has 4 N–H and O–H groups in total. The van der Waals surface area contributed by atoms with Crippen LogP contribution >= 0.6 is 0 Å². The molecule has 0 atom stereocenters.